The average molecular weight is 732 g/mol. The lowest BCUT2D eigenvalue weighted by Crippen LogP contribution is -2.09. The van der Waals surface area contributed by atoms with Gasteiger partial charge in [-0.05, 0) is 159 Å². The summed E-state index contributed by atoms with van der Waals surface area (Å²) >= 11 is 0. The highest BCUT2D eigenvalue weighted by molar-refractivity contribution is 5.97. The van der Waals surface area contributed by atoms with Gasteiger partial charge in [-0.3, -0.25) is 0 Å². The van der Waals surface area contributed by atoms with Crippen LogP contribution in [-0.4, -0.2) is 0 Å². The van der Waals surface area contributed by atoms with Gasteiger partial charge >= 0.3 is 0 Å². The van der Waals surface area contributed by atoms with Crippen molar-refractivity contribution in [2.24, 2.45) is 0 Å². The molecule has 9 aromatic carbocycles. The number of rotatable bonds is 8. The molecule has 0 aliphatic heterocycles. The summed E-state index contributed by atoms with van der Waals surface area (Å²) in [5.41, 5.74) is 20.8. The van der Waals surface area contributed by atoms with Crippen LogP contribution in [0.1, 0.15) is 22.3 Å². The van der Waals surface area contributed by atoms with E-state index < -0.39 is 0 Å². The van der Waals surface area contributed by atoms with Crippen LogP contribution >= 0.6 is 0 Å². The number of hydrogen-bond acceptors (Lipinski definition) is 1. The van der Waals surface area contributed by atoms with E-state index in [0.717, 1.165) is 17.1 Å². The van der Waals surface area contributed by atoms with Gasteiger partial charge in [0.25, 0.3) is 0 Å². The molecule has 0 unspecified atom stereocenters. The van der Waals surface area contributed by atoms with E-state index in [1.54, 1.807) is 0 Å². The lowest BCUT2D eigenvalue weighted by atomic mass is 9.89. The maximum atomic E-state index is 2.38. The average Bonchev–Trinajstić information content (AvgIpc) is 3.25. The number of benzene rings is 9. The highest BCUT2D eigenvalue weighted by Gasteiger charge is 2.16. The van der Waals surface area contributed by atoms with Crippen molar-refractivity contribution in [3.8, 4) is 55.6 Å². The van der Waals surface area contributed by atoms with Crippen molar-refractivity contribution in [3.63, 3.8) is 0 Å². The van der Waals surface area contributed by atoms with Gasteiger partial charge in [-0.1, -0.05) is 157 Å². The van der Waals surface area contributed by atoms with Crippen molar-refractivity contribution < 1.29 is 0 Å². The van der Waals surface area contributed by atoms with Gasteiger partial charge in [0, 0.05) is 17.1 Å². The Morgan fingerprint density at radius 1 is 0.281 bits per heavy atom. The molecule has 0 aliphatic carbocycles. The molecule has 274 valence electrons. The van der Waals surface area contributed by atoms with E-state index >= 15 is 0 Å². The summed E-state index contributed by atoms with van der Waals surface area (Å²) in [4.78, 5) is 2.37. The maximum Gasteiger partial charge on any atom is 0.0462 e. The van der Waals surface area contributed by atoms with Gasteiger partial charge in [-0.25, -0.2) is 0 Å². The summed E-state index contributed by atoms with van der Waals surface area (Å²) in [5, 5.41) is 2.51. The summed E-state index contributed by atoms with van der Waals surface area (Å²) in [5.74, 6) is 0. The van der Waals surface area contributed by atoms with Crippen LogP contribution in [0.25, 0.3) is 66.4 Å². The molecule has 57 heavy (non-hydrogen) atoms. The van der Waals surface area contributed by atoms with E-state index in [4.69, 9.17) is 0 Å². The second-order valence-electron chi connectivity index (χ2n) is 15.2. The Morgan fingerprint density at radius 3 is 1.42 bits per heavy atom. The minimum atomic E-state index is 1.10. The molecule has 0 spiro atoms. The minimum Gasteiger partial charge on any atom is -0.311 e. The van der Waals surface area contributed by atoms with Crippen LogP contribution in [0.15, 0.2) is 200 Å². The highest BCUT2D eigenvalue weighted by Crippen LogP contribution is 2.40. The molecule has 0 aliphatic rings. The molecular formula is C56H45N. The van der Waals surface area contributed by atoms with Crippen molar-refractivity contribution >= 4 is 27.8 Å². The number of aryl methyl sites for hydroxylation is 4. The SMILES string of the molecule is Cc1ccc(-c2cc(-c3ccc(N(c4ccc(-c5cccc(-c6ccccc6)c5)cc4)c4ccc(-c5cccc6ccccc56)cc4)cc3)c(C)cc2C)c(C)c1. The van der Waals surface area contributed by atoms with Gasteiger partial charge in [0.1, 0.15) is 0 Å². The van der Waals surface area contributed by atoms with Crippen molar-refractivity contribution in [1.29, 1.82) is 0 Å². The molecule has 0 amide bonds. The van der Waals surface area contributed by atoms with Gasteiger partial charge < -0.3 is 4.90 Å². The number of hydrogen-bond donors (Lipinski definition) is 0. The Bertz CT molecular complexity index is 2840. The van der Waals surface area contributed by atoms with Gasteiger partial charge in [0.05, 0.1) is 0 Å². The van der Waals surface area contributed by atoms with Crippen LogP contribution in [0.4, 0.5) is 17.1 Å². The molecule has 0 fully saturated rings. The van der Waals surface area contributed by atoms with E-state index in [0.29, 0.717) is 0 Å². The zero-order chi connectivity index (χ0) is 38.9. The Morgan fingerprint density at radius 2 is 0.772 bits per heavy atom. The zero-order valence-corrected chi connectivity index (χ0v) is 33.0. The first-order valence-electron chi connectivity index (χ1n) is 19.8. The van der Waals surface area contributed by atoms with Crippen LogP contribution in [0.2, 0.25) is 0 Å². The van der Waals surface area contributed by atoms with E-state index in [1.165, 1.54) is 88.7 Å². The maximum absolute atomic E-state index is 2.38. The first-order valence-corrected chi connectivity index (χ1v) is 19.8. The molecule has 1 nitrogen and oxygen atoms in total. The summed E-state index contributed by atoms with van der Waals surface area (Å²) in [6, 6.07) is 73.1. The fourth-order valence-corrected chi connectivity index (χ4v) is 8.39. The fraction of sp³-hybridized carbons (Fsp3) is 0.0714. The molecule has 0 heterocycles. The van der Waals surface area contributed by atoms with Crippen molar-refractivity contribution in [2.45, 2.75) is 27.7 Å². The Hall–Kier alpha value is -6.96. The van der Waals surface area contributed by atoms with Gasteiger partial charge in [-0.15, -0.1) is 0 Å². The predicted molar refractivity (Wildman–Crippen MR) is 245 cm³/mol. The first kappa shape index (κ1) is 35.7. The molecule has 0 saturated heterocycles. The zero-order valence-electron chi connectivity index (χ0n) is 33.0. The standard InChI is InChI=1S/C56H45N/c1-38-20-33-52(39(2)34-38)56-37-55(40(3)35-41(56)4)46-25-31-51(32-26-46)57(50-29-23-45(24-30-50)54-19-11-15-44-14-8-9-18-53(44)54)49-27-21-43(22-28-49)48-17-10-16-47(36-48)42-12-6-5-7-13-42/h5-37H,1-4H3. The Kier molecular flexibility index (Phi) is 9.58. The predicted octanol–water partition coefficient (Wildman–Crippen LogP) is 15.9. The van der Waals surface area contributed by atoms with Crippen LogP contribution in [0.5, 0.6) is 0 Å². The molecule has 0 bridgehead atoms. The largest absolute Gasteiger partial charge is 0.311 e. The summed E-state index contributed by atoms with van der Waals surface area (Å²) in [6.07, 6.45) is 0. The lowest BCUT2D eigenvalue weighted by molar-refractivity contribution is 1.28. The number of fused-ring (bicyclic) bond motifs is 1. The summed E-state index contributed by atoms with van der Waals surface area (Å²) in [6.45, 7) is 8.83. The number of nitrogens with zero attached hydrogens (tertiary/aromatic N) is 1. The number of anilines is 3. The van der Waals surface area contributed by atoms with Crippen molar-refractivity contribution in [1.82, 2.24) is 0 Å². The molecule has 9 aromatic rings. The van der Waals surface area contributed by atoms with Crippen LogP contribution < -0.4 is 4.90 Å². The summed E-state index contributed by atoms with van der Waals surface area (Å²) in [7, 11) is 0. The summed E-state index contributed by atoms with van der Waals surface area (Å²) < 4.78 is 0. The Balaban J connectivity index is 1.10. The third-order valence-corrected chi connectivity index (χ3v) is 11.3. The van der Waals surface area contributed by atoms with Gasteiger partial charge in [0.15, 0.2) is 0 Å². The third-order valence-electron chi connectivity index (χ3n) is 11.3. The molecule has 0 N–H and O–H groups in total. The normalized spacial score (nSPS) is 11.2. The lowest BCUT2D eigenvalue weighted by Gasteiger charge is -2.26. The second-order valence-corrected chi connectivity index (χ2v) is 15.2. The van der Waals surface area contributed by atoms with Crippen molar-refractivity contribution in [3.05, 3.63) is 222 Å². The first-order chi connectivity index (χ1) is 27.9. The molecule has 1 heteroatoms. The third kappa shape index (κ3) is 7.17. The molecular weight excluding hydrogens is 687 g/mol. The van der Waals surface area contributed by atoms with Gasteiger partial charge in [0.2, 0.25) is 0 Å². The molecule has 0 atom stereocenters. The minimum absolute atomic E-state index is 1.10. The van der Waals surface area contributed by atoms with E-state index in [2.05, 4.69) is 233 Å². The van der Waals surface area contributed by atoms with Crippen LogP contribution in [-0.2, 0) is 0 Å². The second kappa shape index (κ2) is 15.3. The van der Waals surface area contributed by atoms with Crippen molar-refractivity contribution in [2.75, 3.05) is 4.90 Å². The molecule has 0 radical (unpaired) electrons. The highest BCUT2D eigenvalue weighted by atomic mass is 15.1. The van der Waals surface area contributed by atoms with E-state index in [-0.39, 0.29) is 0 Å². The smallest absolute Gasteiger partial charge is 0.0462 e. The van der Waals surface area contributed by atoms with E-state index in [9.17, 15) is 0 Å². The van der Waals surface area contributed by atoms with Gasteiger partial charge in [-0.2, -0.15) is 0 Å². The fourth-order valence-electron chi connectivity index (χ4n) is 8.39. The van der Waals surface area contributed by atoms with Crippen LogP contribution in [0.3, 0.4) is 0 Å². The molecule has 0 aromatic heterocycles. The topological polar surface area (TPSA) is 3.24 Å². The molecule has 9 rings (SSSR count). The van der Waals surface area contributed by atoms with Crippen LogP contribution in [0, 0.1) is 27.7 Å². The van der Waals surface area contributed by atoms with E-state index in [1.807, 2.05) is 0 Å². The molecule has 0 saturated carbocycles. The monoisotopic (exact) mass is 731 g/mol. The quantitative estimate of drug-likeness (QED) is 0.150. The Labute approximate surface area is 337 Å².